The number of hydrogen-bond donors (Lipinski definition) is 1. The molecule has 2 unspecified atom stereocenters. The first-order chi connectivity index (χ1) is 8.20. The molecule has 0 radical (unpaired) electrons. The maximum Gasteiger partial charge on any atom is 0.323 e. The SMILES string of the molecule is CC(c1ccncc1)N1CCOCC1C(=O)O. The molecule has 2 heterocycles. The number of morpholine rings is 1. The fourth-order valence-electron chi connectivity index (χ4n) is 2.13. The molecule has 1 fully saturated rings. The smallest absolute Gasteiger partial charge is 0.323 e. The van der Waals surface area contributed by atoms with E-state index in [-0.39, 0.29) is 12.6 Å². The average molecular weight is 236 g/mol. The lowest BCUT2D eigenvalue weighted by Crippen LogP contribution is -2.50. The van der Waals surface area contributed by atoms with Crippen molar-refractivity contribution in [2.24, 2.45) is 0 Å². The van der Waals surface area contributed by atoms with E-state index in [1.807, 2.05) is 24.0 Å². The highest BCUT2D eigenvalue weighted by Gasteiger charge is 2.32. The number of hydrogen-bond acceptors (Lipinski definition) is 4. The van der Waals surface area contributed by atoms with Crippen LogP contribution in [0.2, 0.25) is 0 Å². The molecule has 0 bridgehead atoms. The molecule has 1 aliphatic rings. The lowest BCUT2D eigenvalue weighted by atomic mass is 10.1. The second-order valence-electron chi connectivity index (χ2n) is 4.12. The Labute approximate surface area is 100 Å². The van der Waals surface area contributed by atoms with E-state index in [1.165, 1.54) is 0 Å². The quantitative estimate of drug-likeness (QED) is 0.845. The largest absolute Gasteiger partial charge is 0.480 e. The normalized spacial score (nSPS) is 23.2. The van der Waals surface area contributed by atoms with Gasteiger partial charge in [0.2, 0.25) is 0 Å². The topological polar surface area (TPSA) is 62.7 Å². The molecule has 92 valence electrons. The van der Waals surface area contributed by atoms with Crippen LogP contribution in [0.3, 0.4) is 0 Å². The Morgan fingerprint density at radius 2 is 2.29 bits per heavy atom. The molecule has 0 amide bonds. The number of carboxylic acids is 1. The second kappa shape index (κ2) is 5.25. The first-order valence-electron chi connectivity index (χ1n) is 5.66. The summed E-state index contributed by atoms with van der Waals surface area (Å²) in [4.78, 5) is 17.1. The molecule has 0 aromatic carbocycles. The van der Waals surface area contributed by atoms with E-state index >= 15 is 0 Å². The highest BCUT2D eigenvalue weighted by atomic mass is 16.5. The van der Waals surface area contributed by atoms with Gasteiger partial charge in [-0.25, -0.2) is 0 Å². The summed E-state index contributed by atoms with van der Waals surface area (Å²) in [5.41, 5.74) is 1.08. The number of nitrogens with zero attached hydrogens (tertiary/aromatic N) is 2. The van der Waals surface area contributed by atoms with Crippen molar-refractivity contribution in [3.05, 3.63) is 30.1 Å². The van der Waals surface area contributed by atoms with E-state index < -0.39 is 12.0 Å². The van der Waals surface area contributed by atoms with Crippen LogP contribution in [0.5, 0.6) is 0 Å². The third kappa shape index (κ3) is 2.62. The third-order valence-electron chi connectivity index (χ3n) is 3.14. The predicted molar refractivity (Wildman–Crippen MR) is 61.6 cm³/mol. The van der Waals surface area contributed by atoms with Gasteiger partial charge in [-0.05, 0) is 24.6 Å². The third-order valence-corrected chi connectivity index (χ3v) is 3.14. The van der Waals surface area contributed by atoms with Gasteiger partial charge < -0.3 is 9.84 Å². The molecule has 5 heteroatoms. The molecule has 1 saturated heterocycles. The number of pyridine rings is 1. The molecule has 0 spiro atoms. The monoisotopic (exact) mass is 236 g/mol. The van der Waals surface area contributed by atoms with Crippen LogP contribution in [0.15, 0.2) is 24.5 Å². The fourth-order valence-corrected chi connectivity index (χ4v) is 2.13. The summed E-state index contributed by atoms with van der Waals surface area (Å²) in [7, 11) is 0. The van der Waals surface area contributed by atoms with Gasteiger partial charge in [0, 0.05) is 25.0 Å². The number of aliphatic carboxylic acids is 1. The Hall–Kier alpha value is -1.46. The van der Waals surface area contributed by atoms with E-state index in [9.17, 15) is 9.90 Å². The van der Waals surface area contributed by atoms with Gasteiger partial charge in [-0.3, -0.25) is 14.7 Å². The van der Waals surface area contributed by atoms with Crippen molar-refractivity contribution in [2.45, 2.75) is 19.0 Å². The maximum absolute atomic E-state index is 11.2. The summed E-state index contributed by atoms with van der Waals surface area (Å²) >= 11 is 0. The van der Waals surface area contributed by atoms with E-state index in [1.54, 1.807) is 12.4 Å². The predicted octanol–water partition coefficient (Wildman–Crippen LogP) is 0.928. The Balaban J connectivity index is 2.16. The number of aromatic nitrogens is 1. The van der Waals surface area contributed by atoms with Crippen molar-refractivity contribution in [1.29, 1.82) is 0 Å². The van der Waals surface area contributed by atoms with Gasteiger partial charge in [0.25, 0.3) is 0 Å². The number of rotatable bonds is 3. The first kappa shape index (κ1) is 12.0. The Kier molecular flexibility index (Phi) is 3.71. The molecule has 1 aromatic heterocycles. The summed E-state index contributed by atoms with van der Waals surface area (Å²) in [5, 5.41) is 9.17. The van der Waals surface area contributed by atoms with E-state index in [4.69, 9.17) is 4.74 Å². The lowest BCUT2D eigenvalue weighted by molar-refractivity contribution is -0.151. The summed E-state index contributed by atoms with van der Waals surface area (Å²) < 4.78 is 5.22. The van der Waals surface area contributed by atoms with Crippen LogP contribution < -0.4 is 0 Å². The van der Waals surface area contributed by atoms with Gasteiger partial charge in [0.05, 0.1) is 13.2 Å². The zero-order chi connectivity index (χ0) is 12.3. The minimum absolute atomic E-state index is 0.0583. The molecule has 2 atom stereocenters. The molecule has 17 heavy (non-hydrogen) atoms. The minimum atomic E-state index is -0.828. The van der Waals surface area contributed by atoms with Crippen LogP contribution in [0.4, 0.5) is 0 Å². The molecule has 0 aliphatic carbocycles. The van der Waals surface area contributed by atoms with Crippen molar-refractivity contribution in [2.75, 3.05) is 19.8 Å². The molecule has 2 rings (SSSR count). The van der Waals surface area contributed by atoms with Crippen molar-refractivity contribution < 1.29 is 14.6 Å². The van der Waals surface area contributed by atoms with Gasteiger partial charge >= 0.3 is 5.97 Å². The van der Waals surface area contributed by atoms with Gasteiger partial charge in [0.1, 0.15) is 6.04 Å². The number of carbonyl (C=O) groups is 1. The van der Waals surface area contributed by atoms with Gasteiger partial charge in [-0.1, -0.05) is 0 Å². The van der Waals surface area contributed by atoms with E-state index in [0.29, 0.717) is 13.2 Å². The first-order valence-corrected chi connectivity index (χ1v) is 5.66. The number of carboxylic acid groups (broad SMARTS) is 1. The number of ether oxygens (including phenoxy) is 1. The summed E-state index contributed by atoms with van der Waals surface area (Å²) in [6.07, 6.45) is 3.45. The molecule has 0 saturated carbocycles. The zero-order valence-corrected chi connectivity index (χ0v) is 9.74. The minimum Gasteiger partial charge on any atom is -0.480 e. The van der Waals surface area contributed by atoms with E-state index in [2.05, 4.69) is 4.98 Å². The summed E-state index contributed by atoms with van der Waals surface area (Å²) in [6.45, 7) is 3.49. The van der Waals surface area contributed by atoms with Crippen LogP contribution in [-0.2, 0) is 9.53 Å². The standard InChI is InChI=1S/C12H16N2O3/c1-9(10-2-4-13-5-3-10)14-6-7-17-8-11(14)12(15)16/h2-5,9,11H,6-8H2,1H3,(H,15,16). The van der Waals surface area contributed by atoms with Gasteiger partial charge in [-0.15, -0.1) is 0 Å². The Morgan fingerprint density at radius 1 is 1.59 bits per heavy atom. The molecule has 5 nitrogen and oxygen atoms in total. The second-order valence-corrected chi connectivity index (χ2v) is 4.12. The van der Waals surface area contributed by atoms with Gasteiger partial charge in [0.15, 0.2) is 0 Å². The zero-order valence-electron chi connectivity index (χ0n) is 9.74. The van der Waals surface area contributed by atoms with Crippen molar-refractivity contribution in [1.82, 2.24) is 9.88 Å². The van der Waals surface area contributed by atoms with Crippen molar-refractivity contribution in [3.63, 3.8) is 0 Å². The van der Waals surface area contributed by atoms with Crippen LogP contribution in [0.1, 0.15) is 18.5 Å². The molecular formula is C12H16N2O3. The fraction of sp³-hybridized carbons (Fsp3) is 0.500. The van der Waals surface area contributed by atoms with Gasteiger partial charge in [-0.2, -0.15) is 0 Å². The average Bonchev–Trinajstić information content (AvgIpc) is 2.39. The molecule has 1 N–H and O–H groups in total. The van der Waals surface area contributed by atoms with Crippen LogP contribution >= 0.6 is 0 Å². The Bertz CT molecular complexity index is 383. The van der Waals surface area contributed by atoms with Crippen LogP contribution in [0, 0.1) is 0 Å². The van der Waals surface area contributed by atoms with Crippen LogP contribution in [-0.4, -0.2) is 46.8 Å². The van der Waals surface area contributed by atoms with Crippen LogP contribution in [0.25, 0.3) is 0 Å². The molecule has 1 aromatic rings. The molecular weight excluding hydrogens is 220 g/mol. The highest BCUT2D eigenvalue weighted by Crippen LogP contribution is 2.23. The highest BCUT2D eigenvalue weighted by molar-refractivity contribution is 5.73. The van der Waals surface area contributed by atoms with Crippen molar-refractivity contribution >= 4 is 5.97 Å². The summed E-state index contributed by atoms with van der Waals surface area (Å²) in [6, 6.07) is 3.33. The maximum atomic E-state index is 11.2. The van der Waals surface area contributed by atoms with Crippen molar-refractivity contribution in [3.8, 4) is 0 Å². The summed E-state index contributed by atoms with van der Waals surface area (Å²) in [5.74, 6) is -0.828. The lowest BCUT2D eigenvalue weighted by Gasteiger charge is -2.37. The molecule has 1 aliphatic heterocycles. The Morgan fingerprint density at radius 3 is 2.94 bits per heavy atom. The van der Waals surface area contributed by atoms with E-state index in [0.717, 1.165) is 5.56 Å².